The minimum atomic E-state index is 0.264. The zero-order chi connectivity index (χ0) is 20.5. The summed E-state index contributed by atoms with van der Waals surface area (Å²) in [6.45, 7) is 21.7. The lowest BCUT2D eigenvalue weighted by Crippen LogP contribution is -2.38. The van der Waals surface area contributed by atoms with E-state index in [1.165, 1.54) is 50.5 Å². The van der Waals surface area contributed by atoms with Gasteiger partial charge in [-0.05, 0) is 77.6 Å². The molecular weight excluding hydrogens is 328 g/mol. The minimum Gasteiger partial charge on any atom is -0.325 e. The highest BCUT2D eigenvalue weighted by atomic mass is 15.4. The number of rotatable bonds is 2. The fraction of sp³-hybridized carbons (Fsp3) is 0.440. The van der Waals surface area contributed by atoms with Gasteiger partial charge in [0.1, 0.15) is 6.17 Å². The van der Waals surface area contributed by atoms with Gasteiger partial charge in [-0.3, -0.25) is 0 Å². The lowest BCUT2D eigenvalue weighted by Gasteiger charge is -2.34. The molecule has 0 aromatic heterocycles. The average molecular weight is 365 g/mol. The van der Waals surface area contributed by atoms with E-state index in [4.69, 9.17) is 0 Å². The van der Waals surface area contributed by atoms with Crippen molar-refractivity contribution < 1.29 is 0 Å². The molecule has 0 radical (unpaired) electrons. The number of aryl methyl sites for hydroxylation is 6. The van der Waals surface area contributed by atoms with Crippen LogP contribution in [0.3, 0.4) is 0 Å². The molecule has 2 heteroatoms. The molecule has 0 fully saturated rings. The third kappa shape index (κ3) is 3.90. The molecule has 0 N–H and O–H groups in total. The first-order valence-corrected chi connectivity index (χ1v) is 10.1. The Morgan fingerprint density at radius 2 is 1.00 bits per heavy atom. The van der Waals surface area contributed by atoms with Gasteiger partial charge < -0.3 is 9.80 Å². The van der Waals surface area contributed by atoms with Gasteiger partial charge >= 0.3 is 0 Å². The summed E-state index contributed by atoms with van der Waals surface area (Å²) in [6.07, 6.45) is 2.56. The molecule has 146 valence electrons. The van der Waals surface area contributed by atoms with Gasteiger partial charge in [-0.15, -0.1) is 0 Å². The summed E-state index contributed by atoms with van der Waals surface area (Å²) in [5.74, 6) is 0. The Bertz CT molecular complexity index is 815. The second-order valence-corrected chi connectivity index (χ2v) is 7.67. The molecule has 27 heavy (non-hydrogen) atoms. The Kier molecular flexibility index (Phi) is 6.41. The molecule has 0 amide bonds. The Balaban J connectivity index is 0.00000126. The van der Waals surface area contributed by atoms with Crippen LogP contribution in [-0.2, 0) is 0 Å². The van der Waals surface area contributed by atoms with E-state index >= 15 is 0 Å². The second-order valence-electron chi connectivity index (χ2n) is 7.67. The maximum Gasteiger partial charge on any atom is 0.107 e. The highest BCUT2D eigenvalue weighted by Crippen LogP contribution is 2.39. The monoisotopic (exact) mass is 364 g/mol. The number of benzene rings is 2. The van der Waals surface area contributed by atoms with E-state index < -0.39 is 0 Å². The van der Waals surface area contributed by atoms with E-state index in [9.17, 15) is 0 Å². The number of nitrogens with zero attached hydrogens (tertiary/aromatic N) is 2. The number of allylic oxidation sites excluding steroid dienone is 1. The topological polar surface area (TPSA) is 6.48 Å². The Morgan fingerprint density at radius 3 is 1.41 bits per heavy atom. The summed E-state index contributed by atoms with van der Waals surface area (Å²) in [5, 5.41) is 0. The van der Waals surface area contributed by atoms with E-state index in [1.54, 1.807) is 0 Å². The van der Waals surface area contributed by atoms with Crippen LogP contribution in [0.5, 0.6) is 0 Å². The Hall–Kier alpha value is -2.22. The van der Waals surface area contributed by atoms with Gasteiger partial charge in [0.25, 0.3) is 0 Å². The van der Waals surface area contributed by atoms with Crippen LogP contribution in [0.4, 0.5) is 11.4 Å². The quantitative estimate of drug-likeness (QED) is 0.561. The zero-order valence-electron chi connectivity index (χ0n) is 18.9. The summed E-state index contributed by atoms with van der Waals surface area (Å²) < 4.78 is 0. The van der Waals surface area contributed by atoms with Crippen molar-refractivity contribution in [2.24, 2.45) is 0 Å². The first-order valence-electron chi connectivity index (χ1n) is 10.1. The van der Waals surface area contributed by atoms with Crippen LogP contribution in [-0.4, -0.2) is 6.17 Å². The molecule has 1 atom stereocenters. The molecule has 1 aliphatic rings. The molecule has 2 aromatic carbocycles. The van der Waals surface area contributed by atoms with Gasteiger partial charge in [-0.1, -0.05) is 49.2 Å². The molecule has 0 spiro atoms. The van der Waals surface area contributed by atoms with Gasteiger partial charge in [0.05, 0.1) is 0 Å². The molecule has 0 aliphatic carbocycles. The summed E-state index contributed by atoms with van der Waals surface area (Å²) in [6, 6.07) is 9.13. The predicted octanol–water partition coefficient (Wildman–Crippen LogP) is 7.10. The van der Waals surface area contributed by atoms with E-state index in [2.05, 4.69) is 95.7 Å². The largest absolute Gasteiger partial charge is 0.325 e. The molecule has 1 unspecified atom stereocenters. The van der Waals surface area contributed by atoms with Crippen LogP contribution in [0.25, 0.3) is 0 Å². The van der Waals surface area contributed by atoms with E-state index in [-0.39, 0.29) is 6.17 Å². The third-order valence-corrected chi connectivity index (χ3v) is 5.25. The Labute approximate surface area is 166 Å². The number of anilines is 2. The van der Waals surface area contributed by atoms with Crippen LogP contribution >= 0.6 is 0 Å². The summed E-state index contributed by atoms with van der Waals surface area (Å²) in [4.78, 5) is 4.90. The van der Waals surface area contributed by atoms with Crippen molar-refractivity contribution in [1.29, 1.82) is 0 Å². The zero-order valence-corrected chi connectivity index (χ0v) is 18.9. The predicted molar refractivity (Wildman–Crippen MR) is 121 cm³/mol. The molecule has 0 bridgehead atoms. The maximum atomic E-state index is 2.48. The molecule has 2 aromatic rings. The van der Waals surface area contributed by atoms with Crippen LogP contribution in [0, 0.1) is 41.5 Å². The molecule has 0 saturated carbocycles. The van der Waals surface area contributed by atoms with Gasteiger partial charge in [0.15, 0.2) is 0 Å². The molecule has 2 nitrogen and oxygen atoms in total. The standard InChI is InChI=1S/C23H30N2.C2H6/c1-14-9-16(3)22(17(4)10-14)24-13-20(7)25(21(24)8)23-18(5)11-15(2)12-19(23)6;1-2/h9-13,21H,1-8H3;1-2H3. The summed E-state index contributed by atoms with van der Waals surface area (Å²) >= 11 is 0. The van der Waals surface area contributed by atoms with Crippen molar-refractivity contribution in [3.8, 4) is 0 Å². The molecular formula is C25H36N2. The molecule has 3 rings (SSSR count). The second kappa shape index (κ2) is 8.21. The first-order chi connectivity index (χ1) is 12.7. The van der Waals surface area contributed by atoms with Gasteiger partial charge in [0.2, 0.25) is 0 Å². The smallest absolute Gasteiger partial charge is 0.107 e. The minimum absolute atomic E-state index is 0.264. The van der Waals surface area contributed by atoms with Crippen molar-refractivity contribution in [2.45, 2.75) is 75.4 Å². The Morgan fingerprint density at radius 1 is 0.630 bits per heavy atom. The highest BCUT2D eigenvalue weighted by Gasteiger charge is 2.31. The maximum absolute atomic E-state index is 2.48. The van der Waals surface area contributed by atoms with Gasteiger partial charge in [-0.25, -0.2) is 0 Å². The van der Waals surface area contributed by atoms with Gasteiger partial charge in [0, 0.05) is 23.3 Å². The summed E-state index contributed by atoms with van der Waals surface area (Å²) in [7, 11) is 0. The van der Waals surface area contributed by atoms with Crippen molar-refractivity contribution in [3.05, 3.63) is 69.5 Å². The van der Waals surface area contributed by atoms with Crippen molar-refractivity contribution in [2.75, 3.05) is 9.80 Å². The lowest BCUT2D eigenvalue weighted by molar-refractivity contribution is 0.730. The molecule has 1 heterocycles. The first kappa shape index (κ1) is 21.1. The third-order valence-electron chi connectivity index (χ3n) is 5.25. The number of hydrogen-bond acceptors (Lipinski definition) is 2. The van der Waals surface area contributed by atoms with Crippen LogP contribution in [0.1, 0.15) is 61.1 Å². The van der Waals surface area contributed by atoms with Crippen LogP contribution in [0.15, 0.2) is 36.2 Å². The van der Waals surface area contributed by atoms with E-state index in [0.29, 0.717) is 0 Å². The molecule has 1 aliphatic heterocycles. The highest BCUT2D eigenvalue weighted by molar-refractivity contribution is 5.72. The number of hydrogen-bond donors (Lipinski definition) is 0. The van der Waals surface area contributed by atoms with Crippen molar-refractivity contribution >= 4 is 11.4 Å². The average Bonchev–Trinajstić information content (AvgIpc) is 2.83. The van der Waals surface area contributed by atoms with Crippen molar-refractivity contribution in [1.82, 2.24) is 0 Å². The fourth-order valence-electron chi connectivity index (χ4n) is 4.54. The van der Waals surface area contributed by atoms with Crippen molar-refractivity contribution in [3.63, 3.8) is 0 Å². The normalized spacial score (nSPS) is 16.2. The fourth-order valence-corrected chi connectivity index (χ4v) is 4.54. The SMILES string of the molecule is CC.CC1=CN(c2c(C)cc(C)cc2C)C(C)N1c1c(C)cc(C)cc1C. The lowest BCUT2D eigenvalue weighted by atomic mass is 10.0. The van der Waals surface area contributed by atoms with E-state index in [1.807, 2.05) is 13.8 Å². The van der Waals surface area contributed by atoms with Gasteiger partial charge in [-0.2, -0.15) is 0 Å². The van der Waals surface area contributed by atoms with Crippen LogP contribution in [0.2, 0.25) is 0 Å². The summed E-state index contributed by atoms with van der Waals surface area (Å²) in [5.41, 5.74) is 12.0. The van der Waals surface area contributed by atoms with E-state index in [0.717, 1.165) is 0 Å². The molecule has 0 saturated heterocycles. The van der Waals surface area contributed by atoms with Crippen LogP contribution < -0.4 is 9.80 Å².